The molecule has 1 aromatic carbocycles. The van der Waals surface area contributed by atoms with Crippen LogP contribution in [-0.2, 0) is 57.0 Å². The minimum absolute atomic E-state index is 0.106. The molecule has 0 radical (unpaired) electrons. The quantitative estimate of drug-likeness (QED) is 0.0857. The number of aliphatic hydroxyl groups is 1. The number of nitrogens with one attached hydrogen (secondary N) is 1. The molecule has 1 amide bonds. The third-order valence-corrected chi connectivity index (χ3v) is 15.4. The highest BCUT2D eigenvalue weighted by molar-refractivity contribution is 6.68. The summed E-state index contributed by atoms with van der Waals surface area (Å²) in [5.41, 5.74) is -11.3. The fourth-order valence-corrected chi connectivity index (χ4v) is 11.6. The summed E-state index contributed by atoms with van der Waals surface area (Å²) in [6.45, 7) is 8.37. The normalized spacial score (nSPS) is 30.3. The predicted octanol–water partition coefficient (Wildman–Crippen LogP) is 9.80. The van der Waals surface area contributed by atoms with Crippen LogP contribution in [0.5, 0.6) is 0 Å². The molecule has 1 saturated heterocycles. The van der Waals surface area contributed by atoms with Crippen molar-refractivity contribution in [3.63, 3.8) is 0 Å². The van der Waals surface area contributed by atoms with Crippen LogP contribution in [0.3, 0.4) is 0 Å². The Kier molecular flexibility index (Phi) is 18.0. The highest BCUT2D eigenvalue weighted by atomic mass is 35.6. The van der Waals surface area contributed by atoms with Gasteiger partial charge in [0.15, 0.2) is 17.5 Å². The van der Waals surface area contributed by atoms with Gasteiger partial charge in [-0.1, -0.05) is 121 Å². The summed E-state index contributed by atoms with van der Waals surface area (Å²) < 4.78 is 81.4. The van der Waals surface area contributed by atoms with Crippen molar-refractivity contribution in [2.45, 2.75) is 167 Å². The molecule has 75 heavy (non-hydrogen) atoms. The maximum Gasteiger partial charge on any atom is 0.509 e. The Morgan fingerprint density at radius 3 is 1.95 bits per heavy atom. The van der Waals surface area contributed by atoms with E-state index in [1.807, 2.05) is 0 Å². The molecule has 2 bridgehead atoms. The smallest absolute Gasteiger partial charge is 0.455 e. The monoisotopic (exact) mass is 1180 g/mol. The third-order valence-electron chi connectivity index (χ3n) is 14.7. The van der Waals surface area contributed by atoms with Gasteiger partial charge in [-0.05, 0) is 76.7 Å². The summed E-state index contributed by atoms with van der Waals surface area (Å²) in [6.07, 6.45) is -13.4. The highest BCUT2D eigenvalue weighted by Gasteiger charge is 2.79. The van der Waals surface area contributed by atoms with Crippen molar-refractivity contribution in [3.05, 3.63) is 47.0 Å². The van der Waals surface area contributed by atoms with E-state index >= 15 is 13.6 Å². The maximum absolute atomic E-state index is 17.2. The summed E-state index contributed by atoms with van der Waals surface area (Å²) in [5, 5.41) is 16.2. The van der Waals surface area contributed by atoms with Crippen LogP contribution in [0.4, 0.5) is 23.2 Å². The van der Waals surface area contributed by atoms with Crippen LogP contribution >= 0.6 is 69.6 Å². The fraction of sp³-hybridized carbons (Fsp3) is 0.694. The lowest BCUT2D eigenvalue weighted by atomic mass is 9.44. The Morgan fingerprint density at radius 1 is 0.853 bits per heavy atom. The number of alkyl halides is 8. The number of ketones is 1. The second-order valence-electron chi connectivity index (χ2n) is 21.2. The molecule has 1 unspecified atom stereocenters. The van der Waals surface area contributed by atoms with Crippen LogP contribution in [-0.4, -0.2) is 134 Å². The number of halogens is 8. The van der Waals surface area contributed by atoms with E-state index in [-0.39, 0.29) is 24.0 Å². The van der Waals surface area contributed by atoms with Gasteiger partial charge in [0.05, 0.1) is 23.5 Å². The molecule has 0 aromatic heterocycles. The topological polar surface area (TPSA) is 235 Å². The molecule has 5 aliphatic rings. The number of rotatable bonds is 12. The first-order chi connectivity index (χ1) is 34.5. The van der Waals surface area contributed by atoms with Crippen molar-refractivity contribution in [1.82, 2.24) is 5.32 Å². The number of carbonyl (C=O) groups is 7. The van der Waals surface area contributed by atoms with Gasteiger partial charge in [0, 0.05) is 25.2 Å². The van der Waals surface area contributed by atoms with E-state index in [4.69, 9.17) is 112 Å². The number of benzene rings is 1. The van der Waals surface area contributed by atoms with Crippen molar-refractivity contribution in [2.75, 3.05) is 19.8 Å². The first-order valence-corrected chi connectivity index (χ1v) is 26.2. The second-order valence-corrected chi connectivity index (χ2v) is 26.2. The van der Waals surface area contributed by atoms with Gasteiger partial charge in [-0.15, -0.1) is 0 Å². The molecule has 10 atom stereocenters. The molecule has 1 aromatic rings. The summed E-state index contributed by atoms with van der Waals surface area (Å²) >= 11 is 35.3. The minimum atomic E-state index is -4.51. The summed E-state index contributed by atoms with van der Waals surface area (Å²) in [6, 6.07) is 5.12. The SMILES string of the molecule is CC(=O)O[C@@]12CO[C@@H]1C[C@H](OC(=O)OCC(Cl)(Cl)Cl)[C@@]1(C)C(=O)[C@H](OC(=O)OCC(Cl)(Cl)Cl)C3=C(C)[C@@H](OC(=O)C(F)(F)C(NC(=O)OC(C)(C)C)C4CCCCC4)C[C@@](O)([C@@H](OC(=O)c4ccccc4)[C@H]21)C3(C)C. The van der Waals surface area contributed by atoms with Gasteiger partial charge in [-0.25, -0.2) is 24.0 Å². The molecule has 1 heterocycles. The molecule has 26 heteroatoms. The molecule has 2 N–H and O–H groups in total. The maximum atomic E-state index is 17.2. The average Bonchev–Trinajstić information content (AvgIpc) is 3.29. The lowest BCUT2D eigenvalue weighted by Gasteiger charge is -2.67. The number of alkyl carbamates (subject to hydrolysis) is 1. The van der Waals surface area contributed by atoms with E-state index in [0.717, 1.165) is 6.92 Å². The molecule has 4 aliphatic carbocycles. The first kappa shape index (κ1) is 60.6. The first-order valence-electron chi connectivity index (χ1n) is 23.9. The zero-order chi connectivity index (χ0) is 56.1. The highest BCUT2D eigenvalue weighted by Crippen LogP contribution is 2.65. The van der Waals surface area contributed by atoms with E-state index in [1.54, 1.807) is 6.07 Å². The van der Waals surface area contributed by atoms with Crippen molar-refractivity contribution in [2.24, 2.45) is 22.7 Å². The Balaban J connectivity index is 1.61. The van der Waals surface area contributed by atoms with Crippen molar-refractivity contribution < 1.29 is 90.1 Å². The van der Waals surface area contributed by atoms with E-state index in [1.165, 1.54) is 72.7 Å². The van der Waals surface area contributed by atoms with Crippen molar-refractivity contribution in [1.29, 1.82) is 0 Å². The Bertz CT molecular complexity index is 2410. The van der Waals surface area contributed by atoms with Crippen LogP contribution in [0.25, 0.3) is 0 Å². The number of ether oxygens (including phenoxy) is 9. The molecule has 3 saturated carbocycles. The lowest BCUT2D eigenvalue weighted by Crippen LogP contribution is -2.82. The number of carbonyl (C=O) groups excluding carboxylic acids is 7. The number of hydrogen-bond donors (Lipinski definition) is 2. The van der Waals surface area contributed by atoms with Crippen LogP contribution in [0.1, 0.15) is 111 Å². The number of Topliss-reactive ketones (excluding diaryl/α,β-unsaturated/α-hetero) is 1. The molecular weight excluding hydrogens is 1130 g/mol. The zero-order valence-electron chi connectivity index (χ0n) is 42.1. The fourth-order valence-electron chi connectivity index (χ4n) is 11.3. The second kappa shape index (κ2) is 22.2. The van der Waals surface area contributed by atoms with Crippen molar-refractivity contribution >= 4 is 112 Å². The van der Waals surface area contributed by atoms with E-state index in [9.17, 15) is 33.9 Å². The molecule has 418 valence electrons. The summed E-state index contributed by atoms with van der Waals surface area (Å²) in [5.74, 6) is -12.9. The Labute approximate surface area is 461 Å². The van der Waals surface area contributed by atoms with Gasteiger partial charge in [-0.3, -0.25) is 9.59 Å². The summed E-state index contributed by atoms with van der Waals surface area (Å²) in [4.78, 5) is 99.3. The van der Waals surface area contributed by atoms with Gasteiger partial charge in [-0.2, -0.15) is 8.78 Å². The molecular formula is C49H59Cl6F2NO17. The van der Waals surface area contributed by atoms with Crippen LogP contribution < -0.4 is 5.32 Å². The average molecular weight is 1180 g/mol. The number of fused-ring (bicyclic) bond motifs is 5. The number of hydrogen-bond acceptors (Lipinski definition) is 17. The van der Waals surface area contributed by atoms with Gasteiger partial charge in [0.25, 0.3) is 0 Å². The lowest BCUT2D eigenvalue weighted by molar-refractivity contribution is -0.346. The van der Waals surface area contributed by atoms with E-state index < -0.39 is 170 Å². The van der Waals surface area contributed by atoms with E-state index in [0.29, 0.717) is 19.3 Å². The molecule has 18 nitrogen and oxygen atoms in total. The van der Waals surface area contributed by atoms with Crippen molar-refractivity contribution in [3.8, 4) is 0 Å². The minimum Gasteiger partial charge on any atom is -0.455 e. The zero-order valence-corrected chi connectivity index (χ0v) is 46.6. The third kappa shape index (κ3) is 12.8. The molecule has 6 rings (SSSR count). The standard InChI is InChI=1S/C49H59Cl6F2NO17/c1-24-28(70-38(62)49(56,57)34(26-15-11-9-12-16-26)58-39(63)75-42(3,4)5)20-46(66)36(73-37(61)27-17-13-10-14-18-27)33-44(8,35(60)32(31(24)43(46,6)7)72-41(65)69-23-48(53,54)55)29(71-40(64)68-22-47(50,51)52)19-30-45(33,21-67-30)74-25(2)59/h10,13-14,17-18,26,28-30,32-34,36,66H,9,11-12,15-16,19-23H2,1-8H3,(H,58,63)/t28-,29-,30+,32+,33-,34?,36-,44+,45-,46+/m0/s1. The predicted molar refractivity (Wildman–Crippen MR) is 265 cm³/mol. The van der Waals surface area contributed by atoms with Crippen LogP contribution in [0.2, 0.25) is 0 Å². The van der Waals surface area contributed by atoms with Gasteiger partial charge in [0.1, 0.15) is 54.9 Å². The van der Waals surface area contributed by atoms with Gasteiger partial charge >= 0.3 is 42.2 Å². The Morgan fingerprint density at radius 2 is 1.43 bits per heavy atom. The molecule has 1 aliphatic heterocycles. The largest absolute Gasteiger partial charge is 0.509 e. The number of amides is 1. The number of esters is 3. The summed E-state index contributed by atoms with van der Waals surface area (Å²) in [7, 11) is 0. The van der Waals surface area contributed by atoms with Gasteiger partial charge in [0.2, 0.25) is 7.59 Å². The molecule has 4 fully saturated rings. The van der Waals surface area contributed by atoms with E-state index in [2.05, 4.69) is 5.32 Å². The van der Waals surface area contributed by atoms with Gasteiger partial charge < -0.3 is 53.1 Å². The molecule has 0 spiro atoms. The Hall–Kier alpha value is -3.63. The van der Waals surface area contributed by atoms with Crippen LogP contribution in [0, 0.1) is 22.7 Å². The van der Waals surface area contributed by atoms with Crippen LogP contribution in [0.15, 0.2) is 41.5 Å².